The van der Waals surface area contributed by atoms with E-state index in [9.17, 15) is 18.0 Å². The molecule has 1 amide bonds. The number of aromatic nitrogens is 1. The summed E-state index contributed by atoms with van der Waals surface area (Å²) in [6.45, 7) is 3.66. The molecule has 0 saturated carbocycles. The Hall–Kier alpha value is -2.03. The summed E-state index contributed by atoms with van der Waals surface area (Å²) in [4.78, 5) is 15.2. The predicted octanol–water partition coefficient (Wildman–Crippen LogP) is 3.02. The maximum Gasteiger partial charge on any atom is 0.433 e. The van der Waals surface area contributed by atoms with Crippen molar-refractivity contribution in [1.82, 2.24) is 10.3 Å². The molecule has 1 aromatic rings. The lowest BCUT2D eigenvalue weighted by Crippen LogP contribution is -2.46. The van der Waals surface area contributed by atoms with E-state index in [-0.39, 0.29) is 5.56 Å². The number of pyridine rings is 1. The van der Waals surface area contributed by atoms with Gasteiger partial charge < -0.3 is 5.32 Å². The minimum atomic E-state index is -4.52. The van der Waals surface area contributed by atoms with Crippen molar-refractivity contribution < 1.29 is 18.0 Å². The fourth-order valence-electron chi connectivity index (χ4n) is 1.65. The molecule has 20 heavy (non-hydrogen) atoms. The highest BCUT2D eigenvalue weighted by atomic mass is 19.4. The second-order valence-electron chi connectivity index (χ2n) is 4.32. The lowest BCUT2D eigenvalue weighted by atomic mass is 9.93. The smallest absolute Gasteiger partial charge is 0.336 e. The van der Waals surface area contributed by atoms with Crippen LogP contribution >= 0.6 is 0 Å². The first-order valence-corrected chi connectivity index (χ1v) is 6.11. The molecule has 0 unspecified atom stereocenters. The molecule has 1 aromatic heterocycles. The van der Waals surface area contributed by atoms with Gasteiger partial charge in [0.15, 0.2) is 0 Å². The average Bonchev–Trinajstić information content (AvgIpc) is 2.44. The summed E-state index contributed by atoms with van der Waals surface area (Å²) < 4.78 is 37.1. The summed E-state index contributed by atoms with van der Waals surface area (Å²) in [6, 6.07) is 1.85. The zero-order valence-electron chi connectivity index (χ0n) is 11.2. The molecule has 0 saturated heterocycles. The Kier molecular flexibility index (Phi) is 4.77. The number of nitrogens with zero attached hydrogens (tertiary/aromatic N) is 1. The highest BCUT2D eigenvalue weighted by Gasteiger charge is 2.32. The third-order valence-corrected chi connectivity index (χ3v) is 3.15. The van der Waals surface area contributed by atoms with E-state index in [1.807, 2.05) is 13.8 Å². The van der Waals surface area contributed by atoms with Gasteiger partial charge in [0.2, 0.25) is 0 Å². The number of alkyl halides is 3. The van der Waals surface area contributed by atoms with Crippen LogP contribution in [-0.4, -0.2) is 16.4 Å². The Balaban J connectivity index is 2.92. The van der Waals surface area contributed by atoms with Crippen LogP contribution in [0.2, 0.25) is 0 Å². The Morgan fingerprint density at radius 2 is 1.95 bits per heavy atom. The van der Waals surface area contributed by atoms with Crippen molar-refractivity contribution in [3.8, 4) is 12.3 Å². The molecule has 0 aromatic carbocycles. The van der Waals surface area contributed by atoms with Crippen molar-refractivity contribution in [2.24, 2.45) is 0 Å². The van der Waals surface area contributed by atoms with Crippen LogP contribution < -0.4 is 5.32 Å². The van der Waals surface area contributed by atoms with Gasteiger partial charge in [-0.05, 0) is 25.0 Å². The van der Waals surface area contributed by atoms with Gasteiger partial charge in [-0.3, -0.25) is 9.78 Å². The van der Waals surface area contributed by atoms with E-state index < -0.39 is 23.3 Å². The summed E-state index contributed by atoms with van der Waals surface area (Å²) in [5.41, 5.74) is -1.79. The van der Waals surface area contributed by atoms with Crippen LogP contribution in [0.1, 0.15) is 42.7 Å². The van der Waals surface area contributed by atoms with Gasteiger partial charge in [0.05, 0.1) is 5.56 Å². The second-order valence-corrected chi connectivity index (χ2v) is 4.32. The van der Waals surface area contributed by atoms with E-state index in [4.69, 9.17) is 6.42 Å². The Morgan fingerprint density at radius 1 is 1.35 bits per heavy atom. The molecule has 0 aliphatic heterocycles. The van der Waals surface area contributed by atoms with E-state index in [0.29, 0.717) is 12.8 Å². The van der Waals surface area contributed by atoms with E-state index in [0.717, 1.165) is 18.3 Å². The molecule has 0 radical (unpaired) electrons. The van der Waals surface area contributed by atoms with Crippen molar-refractivity contribution >= 4 is 5.91 Å². The van der Waals surface area contributed by atoms with Crippen molar-refractivity contribution in [1.29, 1.82) is 0 Å². The third-order valence-electron chi connectivity index (χ3n) is 3.15. The van der Waals surface area contributed by atoms with Crippen LogP contribution in [0.4, 0.5) is 13.2 Å². The third kappa shape index (κ3) is 3.50. The number of hydrogen-bond acceptors (Lipinski definition) is 2. The molecule has 0 spiro atoms. The molecular formula is C14H15F3N2O. The molecular weight excluding hydrogens is 269 g/mol. The van der Waals surface area contributed by atoms with E-state index in [2.05, 4.69) is 16.2 Å². The number of halogens is 3. The predicted molar refractivity (Wildman–Crippen MR) is 68.9 cm³/mol. The molecule has 3 nitrogen and oxygen atoms in total. The van der Waals surface area contributed by atoms with E-state index >= 15 is 0 Å². The van der Waals surface area contributed by atoms with Crippen molar-refractivity contribution in [2.45, 2.75) is 38.4 Å². The molecule has 1 heterocycles. The highest BCUT2D eigenvalue weighted by Crippen LogP contribution is 2.27. The molecule has 0 bridgehead atoms. The maximum absolute atomic E-state index is 12.4. The van der Waals surface area contributed by atoms with Gasteiger partial charge >= 0.3 is 6.18 Å². The van der Waals surface area contributed by atoms with Gasteiger partial charge in [0.1, 0.15) is 11.2 Å². The summed E-state index contributed by atoms with van der Waals surface area (Å²) >= 11 is 0. The van der Waals surface area contributed by atoms with Crippen LogP contribution in [0.3, 0.4) is 0 Å². The number of carbonyl (C=O) groups is 1. The van der Waals surface area contributed by atoms with Gasteiger partial charge in [-0.25, -0.2) is 0 Å². The Morgan fingerprint density at radius 3 is 2.30 bits per heavy atom. The first-order valence-electron chi connectivity index (χ1n) is 6.11. The number of carbonyl (C=O) groups excluding carboxylic acids is 1. The van der Waals surface area contributed by atoms with Gasteiger partial charge in [0.25, 0.3) is 5.91 Å². The minimum absolute atomic E-state index is 0.0412. The normalized spacial score (nSPS) is 11.8. The van der Waals surface area contributed by atoms with Crippen LogP contribution in [0.15, 0.2) is 18.3 Å². The number of rotatable bonds is 4. The molecule has 1 N–H and O–H groups in total. The molecule has 1 rings (SSSR count). The summed E-state index contributed by atoms with van der Waals surface area (Å²) in [6.07, 6.45) is 2.83. The van der Waals surface area contributed by atoms with Crippen LogP contribution in [0.25, 0.3) is 0 Å². The topological polar surface area (TPSA) is 42.0 Å². The van der Waals surface area contributed by atoms with Gasteiger partial charge in [-0.15, -0.1) is 6.42 Å². The fraction of sp³-hybridized carbons (Fsp3) is 0.429. The quantitative estimate of drug-likeness (QED) is 0.864. The van der Waals surface area contributed by atoms with Gasteiger partial charge in [-0.2, -0.15) is 13.2 Å². The lowest BCUT2D eigenvalue weighted by molar-refractivity contribution is -0.141. The zero-order chi connectivity index (χ0) is 15.4. The summed E-state index contributed by atoms with van der Waals surface area (Å²) in [7, 11) is 0. The van der Waals surface area contributed by atoms with Crippen molar-refractivity contribution in [3.05, 3.63) is 29.6 Å². The standard InChI is InChI=1S/C14H15F3N2O/c1-4-13(5-2,6-3)19-12(20)10-7-8-11(18-9-10)14(15,16)17/h1,7-9H,5-6H2,2-3H3,(H,19,20). The first kappa shape index (κ1) is 16.0. The number of amides is 1. The SMILES string of the molecule is C#CC(CC)(CC)NC(=O)c1ccc(C(F)(F)F)nc1. The molecule has 0 aliphatic rings. The molecule has 0 fully saturated rings. The van der Waals surface area contributed by atoms with Crippen LogP contribution in [0, 0.1) is 12.3 Å². The Bertz CT molecular complexity index is 511. The molecule has 6 heteroatoms. The highest BCUT2D eigenvalue weighted by molar-refractivity contribution is 5.94. The molecule has 0 aliphatic carbocycles. The van der Waals surface area contributed by atoms with Gasteiger partial charge in [-0.1, -0.05) is 19.8 Å². The monoisotopic (exact) mass is 284 g/mol. The average molecular weight is 284 g/mol. The number of terminal acetylenes is 1. The van der Waals surface area contributed by atoms with Crippen LogP contribution in [0.5, 0.6) is 0 Å². The number of hydrogen-bond donors (Lipinski definition) is 1. The lowest BCUT2D eigenvalue weighted by Gasteiger charge is -2.27. The van der Waals surface area contributed by atoms with Crippen LogP contribution in [-0.2, 0) is 6.18 Å². The largest absolute Gasteiger partial charge is 0.433 e. The summed E-state index contributed by atoms with van der Waals surface area (Å²) in [5.74, 6) is 1.98. The maximum atomic E-state index is 12.4. The van der Waals surface area contributed by atoms with Gasteiger partial charge in [0, 0.05) is 6.20 Å². The zero-order valence-corrected chi connectivity index (χ0v) is 11.2. The van der Waals surface area contributed by atoms with Crippen molar-refractivity contribution in [3.63, 3.8) is 0 Å². The van der Waals surface area contributed by atoms with E-state index in [1.54, 1.807) is 0 Å². The molecule has 108 valence electrons. The summed E-state index contributed by atoms with van der Waals surface area (Å²) in [5, 5.41) is 2.66. The van der Waals surface area contributed by atoms with E-state index in [1.165, 1.54) is 0 Å². The fourth-order valence-corrected chi connectivity index (χ4v) is 1.65. The Labute approximate surface area is 115 Å². The number of nitrogens with one attached hydrogen (secondary N) is 1. The first-order chi connectivity index (χ1) is 9.28. The van der Waals surface area contributed by atoms with Crippen molar-refractivity contribution in [2.75, 3.05) is 0 Å². The second kappa shape index (κ2) is 5.95. The molecule has 0 atom stereocenters. The minimum Gasteiger partial charge on any atom is -0.336 e.